The second-order valence-electron chi connectivity index (χ2n) is 17.8. The van der Waals surface area contributed by atoms with Gasteiger partial charge in [0, 0.05) is 17.3 Å². The van der Waals surface area contributed by atoms with Crippen LogP contribution in [0.1, 0.15) is 105 Å². The van der Waals surface area contributed by atoms with Gasteiger partial charge in [-0.1, -0.05) is 205 Å². The van der Waals surface area contributed by atoms with Gasteiger partial charge in [-0.05, 0) is 101 Å². The monoisotopic (exact) mass is 698 g/mol. The molecule has 0 fully saturated rings. The van der Waals surface area contributed by atoms with Crippen molar-refractivity contribution in [3.63, 3.8) is 0 Å². The Bertz CT molecular complexity index is 2470. The summed E-state index contributed by atoms with van der Waals surface area (Å²) in [4.78, 5) is 0. The summed E-state index contributed by atoms with van der Waals surface area (Å²) in [6.45, 7) is 16.5. The largest absolute Gasteiger partial charge is 0.0639 e. The third-order valence-electron chi connectivity index (χ3n) is 12.5. The van der Waals surface area contributed by atoms with Crippen molar-refractivity contribution in [3.05, 3.63) is 208 Å². The topological polar surface area (TPSA) is 0 Å². The molecule has 2 aliphatic carbocycles. The first-order valence-electron chi connectivity index (χ1n) is 19.7. The number of hydrogen-bond acceptors (Lipinski definition) is 0. The van der Waals surface area contributed by atoms with Gasteiger partial charge in [0.15, 0.2) is 0 Å². The van der Waals surface area contributed by atoms with Gasteiger partial charge in [0.05, 0.1) is 0 Å². The number of hydrogen-bond donors (Lipinski definition) is 0. The first-order chi connectivity index (χ1) is 26.0. The normalized spacial score (nSPS) is 15.5. The number of allylic oxidation sites excluding steroid dienone is 1. The van der Waals surface area contributed by atoms with Gasteiger partial charge in [0.25, 0.3) is 0 Å². The summed E-state index contributed by atoms with van der Waals surface area (Å²) in [5.74, 6) is 0.138. The van der Waals surface area contributed by atoms with Crippen LogP contribution >= 0.6 is 0 Å². The van der Waals surface area contributed by atoms with Crippen molar-refractivity contribution in [2.45, 2.75) is 76.5 Å². The summed E-state index contributed by atoms with van der Waals surface area (Å²) < 4.78 is 0. The van der Waals surface area contributed by atoms with Crippen LogP contribution in [0.2, 0.25) is 0 Å². The van der Waals surface area contributed by atoms with E-state index in [1.54, 1.807) is 0 Å². The number of fused-ring (bicyclic) bond motifs is 5. The van der Waals surface area contributed by atoms with Crippen LogP contribution in [0, 0.1) is 0 Å². The molecule has 0 aromatic heterocycles. The van der Waals surface area contributed by atoms with Gasteiger partial charge in [-0.25, -0.2) is 0 Å². The van der Waals surface area contributed by atoms with Crippen molar-refractivity contribution in [1.29, 1.82) is 0 Å². The standard InChI is InChI=1S/C54H50/c1-35-31-47-43(38-26-25-36-17-14-15-18-37(36)32-38)23-16-24-46(47)50(35)54(39-19-10-8-11-20-39,40-21-12-9-13-22-40)51-48-33-41(52(2,3)4)27-29-44(48)45-30-28-42(34-49(45)51)53(5,6)7/h8-34,50-51H,1-7H3. The molecule has 266 valence electrons. The van der Waals surface area contributed by atoms with Crippen molar-refractivity contribution < 1.29 is 0 Å². The lowest BCUT2D eigenvalue weighted by Gasteiger charge is -2.47. The van der Waals surface area contributed by atoms with E-state index < -0.39 is 5.41 Å². The number of rotatable bonds is 5. The quantitative estimate of drug-likeness (QED) is 0.168. The molecule has 0 heteroatoms. The third kappa shape index (κ3) is 5.33. The Hall–Kier alpha value is -5.46. The molecule has 1 unspecified atom stereocenters. The molecular formula is C54H50. The average molecular weight is 699 g/mol. The van der Waals surface area contributed by atoms with Gasteiger partial charge in [-0.15, -0.1) is 0 Å². The highest BCUT2D eigenvalue weighted by atomic mass is 14.6. The Morgan fingerprint density at radius 3 is 1.48 bits per heavy atom. The molecule has 0 saturated heterocycles. The SMILES string of the molecule is CC1=Cc2c(-c3ccc4ccccc4c3)cccc2C1C(c1ccccc1)(c1ccccc1)C1c2cc(C(C)(C)C)ccc2-c2ccc(C(C)(C)C)cc21. The Labute approximate surface area is 322 Å². The fourth-order valence-corrected chi connectivity index (χ4v) is 9.88. The highest BCUT2D eigenvalue weighted by molar-refractivity contribution is 5.91. The molecule has 1 atom stereocenters. The van der Waals surface area contributed by atoms with E-state index >= 15 is 0 Å². The van der Waals surface area contributed by atoms with Gasteiger partial charge in [-0.2, -0.15) is 0 Å². The molecule has 54 heavy (non-hydrogen) atoms. The van der Waals surface area contributed by atoms with Gasteiger partial charge in [0.2, 0.25) is 0 Å². The zero-order valence-electron chi connectivity index (χ0n) is 32.7. The van der Waals surface area contributed by atoms with Crippen LogP contribution in [0.25, 0.3) is 39.1 Å². The van der Waals surface area contributed by atoms with Crippen LogP contribution in [-0.2, 0) is 16.2 Å². The van der Waals surface area contributed by atoms with E-state index in [-0.39, 0.29) is 22.7 Å². The maximum absolute atomic E-state index is 2.57. The van der Waals surface area contributed by atoms with Crippen molar-refractivity contribution in [3.8, 4) is 22.3 Å². The minimum atomic E-state index is -0.469. The summed E-state index contributed by atoms with van der Waals surface area (Å²) in [5.41, 5.74) is 17.3. The van der Waals surface area contributed by atoms with E-state index in [9.17, 15) is 0 Å². The van der Waals surface area contributed by atoms with Crippen molar-refractivity contribution in [2.24, 2.45) is 0 Å². The summed E-state index contributed by atoms with van der Waals surface area (Å²) >= 11 is 0. The molecule has 0 amide bonds. The van der Waals surface area contributed by atoms with Crippen LogP contribution in [0.15, 0.2) is 163 Å². The van der Waals surface area contributed by atoms with E-state index in [0.717, 1.165) is 0 Å². The summed E-state index contributed by atoms with van der Waals surface area (Å²) in [5, 5.41) is 2.54. The van der Waals surface area contributed by atoms with E-state index in [4.69, 9.17) is 0 Å². The van der Waals surface area contributed by atoms with Crippen molar-refractivity contribution >= 4 is 16.8 Å². The summed E-state index contributed by atoms with van der Waals surface area (Å²) in [7, 11) is 0. The molecule has 0 radical (unpaired) electrons. The van der Waals surface area contributed by atoms with Crippen LogP contribution in [-0.4, -0.2) is 0 Å². The Balaban J connectivity index is 1.39. The van der Waals surface area contributed by atoms with Gasteiger partial charge >= 0.3 is 0 Å². The summed E-state index contributed by atoms with van der Waals surface area (Å²) in [6.07, 6.45) is 2.51. The van der Waals surface area contributed by atoms with Crippen LogP contribution in [0.5, 0.6) is 0 Å². The van der Waals surface area contributed by atoms with E-state index in [0.29, 0.717) is 0 Å². The third-order valence-corrected chi connectivity index (χ3v) is 12.5. The Kier molecular flexibility index (Phi) is 7.98. The lowest BCUT2D eigenvalue weighted by Crippen LogP contribution is -2.41. The minimum absolute atomic E-state index is 0.0115. The van der Waals surface area contributed by atoms with Gasteiger partial charge in [0.1, 0.15) is 0 Å². The minimum Gasteiger partial charge on any atom is -0.0639 e. The Morgan fingerprint density at radius 1 is 0.389 bits per heavy atom. The molecule has 0 spiro atoms. The summed E-state index contributed by atoms with van der Waals surface area (Å²) in [6, 6.07) is 60.4. The molecule has 2 aliphatic rings. The molecule has 9 rings (SSSR count). The average Bonchev–Trinajstić information content (AvgIpc) is 3.69. The lowest BCUT2D eigenvalue weighted by molar-refractivity contribution is 0.404. The fraction of sp³-hybridized carbons (Fsp3) is 0.222. The maximum atomic E-state index is 2.57. The second kappa shape index (κ2) is 12.6. The molecule has 7 aromatic carbocycles. The molecule has 0 heterocycles. The highest BCUT2D eigenvalue weighted by Gasteiger charge is 2.55. The first kappa shape index (κ1) is 34.3. The molecule has 0 N–H and O–H groups in total. The maximum Gasteiger partial charge on any atom is 0.0418 e. The smallest absolute Gasteiger partial charge is 0.0418 e. The molecular weight excluding hydrogens is 649 g/mol. The lowest BCUT2D eigenvalue weighted by atomic mass is 9.54. The predicted octanol–water partition coefficient (Wildman–Crippen LogP) is 14.4. The van der Waals surface area contributed by atoms with Crippen LogP contribution < -0.4 is 0 Å². The van der Waals surface area contributed by atoms with Crippen LogP contribution in [0.4, 0.5) is 0 Å². The molecule has 7 aromatic rings. The van der Waals surface area contributed by atoms with Gasteiger partial charge < -0.3 is 0 Å². The van der Waals surface area contributed by atoms with E-state index in [1.807, 2.05) is 0 Å². The van der Waals surface area contributed by atoms with Crippen LogP contribution in [0.3, 0.4) is 0 Å². The van der Waals surface area contributed by atoms with E-state index in [2.05, 4.69) is 212 Å². The number of benzene rings is 7. The predicted molar refractivity (Wildman–Crippen MR) is 231 cm³/mol. The molecule has 0 nitrogen and oxygen atoms in total. The zero-order chi connectivity index (χ0) is 37.4. The van der Waals surface area contributed by atoms with Crippen molar-refractivity contribution in [1.82, 2.24) is 0 Å². The van der Waals surface area contributed by atoms with E-state index in [1.165, 1.54) is 83.1 Å². The zero-order valence-corrected chi connectivity index (χ0v) is 32.7. The molecule has 0 aliphatic heterocycles. The second-order valence-corrected chi connectivity index (χ2v) is 17.8. The van der Waals surface area contributed by atoms with Gasteiger partial charge in [-0.3, -0.25) is 0 Å². The Morgan fingerprint density at radius 2 is 0.926 bits per heavy atom. The molecule has 0 bridgehead atoms. The fourth-order valence-electron chi connectivity index (χ4n) is 9.88. The molecule has 0 saturated carbocycles. The first-order valence-corrected chi connectivity index (χ1v) is 19.7. The highest BCUT2D eigenvalue weighted by Crippen LogP contribution is 2.65. The van der Waals surface area contributed by atoms with Crippen molar-refractivity contribution in [2.75, 3.05) is 0 Å².